The van der Waals surface area contributed by atoms with E-state index in [0.29, 0.717) is 0 Å². The Morgan fingerprint density at radius 1 is 1.30 bits per heavy atom. The minimum absolute atomic E-state index is 0.0699. The SMILES string of the molecule is C=C/C=C\C=C/C.CC(=O)OCCCP(=O)(O)O.CN. The van der Waals surface area contributed by atoms with Gasteiger partial charge in [0.15, 0.2) is 0 Å². The predicted molar refractivity (Wildman–Crippen MR) is 82.4 cm³/mol. The van der Waals surface area contributed by atoms with Crippen molar-refractivity contribution < 1.29 is 23.9 Å². The van der Waals surface area contributed by atoms with Crippen LogP contribution in [-0.2, 0) is 14.1 Å². The Morgan fingerprint density at radius 2 is 1.85 bits per heavy atom. The summed E-state index contributed by atoms with van der Waals surface area (Å²) >= 11 is 0. The smallest absolute Gasteiger partial charge is 0.325 e. The van der Waals surface area contributed by atoms with Gasteiger partial charge in [-0.25, -0.2) is 0 Å². The molecule has 0 spiro atoms. The summed E-state index contributed by atoms with van der Waals surface area (Å²) in [5.41, 5.74) is 4.50. The molecular weight excluding hydrogens is 281 g/mol. The predicted octanol–water partition coefficient (Wildman–Crippen LogP) is 2.00. The van der Waals surface area contributed by atoms with Gasteiger partial charge in [-0.05, 0) is 20.4 Å². The summed E-state index contributed by atoms with van der Waals surface area (Å²) in [6.45, 7) is 6.81. The van der Waals surface area contributed by atoms with Crippen LogP contribution < -0.4 is 5.73 Å². The molecule has 20 heavy (non-hydrogen) atoms. The number of allylic oxidation sites excluding steroid dienone is 5. The van der Waals surface area contributed by atoms with Crippen LogP contribution in [0.1, 0.15) is 20.3 Å². The van der Waals surface area contributed by atoms with Gasteiger partial charge in [-0.15, -0.1) is 0 Å². The molecule has 0 atom stereocenters. The Bertz CT molecular complexity index is 334. The first-order valence-electron chi connectivity index (χ1n) is 5.99. The Balaban J connectivity index is -0.000000277. The molecule has 0 radical (unpaired) electrons. The average Bonchev–Trinajstić information content (AvgIpc) is 2.37. The third kappa shape index (κ3) is 36.0. The molecule has 0 rings (SSSR count). The van der Waals surface area contributed by atoms with Gasteiger partial charge in [0.25, 0.3) is 0 Å². The lowest BCUT2D eigenvalue weighted by molar-refractivity contribution is -0.140. The standard InChI is InChI=1S/C7H10.C5H11O5P.CH5N/c1-3-5-7-6-4-2;1-5(6)10-3-2-4-11(7,8)9;1-2/h3-7H,1H2,2H3;2-4H2,1H3,(H2,7,8,9);2H2,1H3/b6-4-,7-5-;;. The highest BCUT2D eigenvalue weighted by atomic mass is 31.2. The van der Waals surface area contributed by atoms with Crippen LogP contribution in [0, 0.1) is 0 Å². The summed E-state index contributed by atoms with van der Waals surface area (Å²) in [5, 5.41) is 0. The number of esters is 1. The fourth-order valence-corrected chi connectivity index (χ4v) is 1.28. The maximum atomic E-state index is 10.2. The van der Waals surface area contributed by atoms with Gasteiger partial charge < -0.3 is 20.3 Å². The van der Waals surface area contributed by atoms with Crippen molar-refractivity contribution in [1.29, 1.82) is 0 Å². The highest BCUT2D eigenvalue weighted by molar-refractivity contribution is 7.51. The number of carbonyl (C=O) groups is 1. The zero-order valence-corrected chi connectivity index (χ0v) is 13.3. The number of rotatable bonds is 6. The summed E-state index contributed by atoms with van der Waals surface area (Å²) in [7, 11) is -2.42. The van der Waals surface area contributed by atoms with E-state index in [4.69, 9.17) is 9.79 Å². The zero-order chi connectivity index (χ0) is 16.4. The summed E-state index contributed by atoms with van der Waals surface area (Å²) in [4.78, 5) is 26.9. The molecule has 0 aromatic rings. The topological polar surface area (TPSA) is 110 Å². The van der Waals surface area contributed by atoms with Gasteiger partial charge >= 0.3 is 13.6 Å². The number of hydrogen-bond donors (Lipinski definition) is 3. The van der Waals surface area contributed by atoms with Crippen molar-refractivity contribution in [2.75, 3.05) is 19.8 Å². The first-order valence-corrected chi connectivity index (χ1v) is 7.79. The molecular formula is C13H26NO5P. The van der Waals surface area contributed by atoms with Crippen LogP contribution in [0.5, 0.6) is 0 Å². The van der Waals surface area contributed by atoms with E-state index in [1.54, 1.807) is 6.08 Å². The fraction of sp³-hybridized carbons (Fsp3) is 0.462. The van der Waals surface area contributed by atoms with Crippen LogP contribution in [0.25, 0.3) is 0 Å². The Labute approximate surface area is 121 Å². The van der Waals surface area contributed by atoms with Crippen molar-refractivity contribution in [2.24, 2.45) is 5.73 Å². The molecule has 0 fully saturated rings. The summed E-state index contributed by atoms with van der Waals surface area (Å²) < 4.78 is 14.7. The maximum Gasteiger partial charge on any atom is 0.325 e. The molecule has 7 heteroatoms. The van der Waals surface area contributed by atoms with E-state index in [1.165, 1.54) is 14.0 Å². The molecule has 0 aromatic carbocycles. The molecule has 6 nitrogen and oxygen atoms in total. The molecule has 0 saturated heterocycles. The monoisotopic (exact) mass is 307 g/mol. The van der Waals surface area contributed by atoms with Crippen LogP contribution >= 0.6 is 7.60 Å². The molecule has 0 heterocycles. The van der Waals surface area contributed by atoms with Gasteiger partial charge in [-0.1, -0.05) is 37.0 Å². The molecule has 118 valence electrons. The van der Waals surface area contributed by atoms with Crippen LogP contribution in [0.15, 0.2) is 37.0 Å². The second kappa shape index (κ2) is 17.8. The van der Waals surface area contributed by atoms with E-state index in [9.17, 15) is 9.36 Å². The van der Waals surface area contributed by atoms with Crippen LogP contribution in [0.3, 0.4) is 0 Å². The van der Waals surface area contributed by atoms with Gasteiger partial charge in [-0.2, -0.15) is 0 Å². The first-order chi connectivity index (χ1) is 9.33. The highest BCUT2D eigenvalue weighted by Gasteiger charge is 2.11. The number of ether oxygens (including phenoxy) is 1. The Kier molecular flexibility index (Phi) is 21.2. The molecule has 0 aliphatic carbocycles. The van der Waals surface area contributed by atoms with Gasteiger partial charge in [-0.3, -0.25) is 9.36 Å². The van der Waals surface area contributed by atoms with Gasteiger partial charge in [0, 0.05) is 6.92 Å². The van der Waals surface area contributed by atoms with E-state index in [2.05, 4.69) is 17.0 Å². The minimum Gasteiger partial charge on any atom is -0.466 e. The Morgan fingerprint density at radius 3 is 2.20 bits per heavy atom. The first kappa shape index (κ1) is 23.9. The van der Waals surface area contributed by atoms with Gasteiger partial charge in [0.05, 0.1) is 12.8 Å². The molecule has 0 amide bonds. The second-order valence-electron chi connectivity index (χ2n) is 3.23. The normalized spacial score (nSPS) is 10.3. The summed E-state index contributed by atoms with van der Waals surface area (Å²) in [5.74, 6) is -0.435. The van der Waals surface area contributed by atoms with Crippen molar-refractivity contribution in [3.63, 3.8) is 0 Å². The number of hydrogen-bond acceptors (Lipinski definition) is 4. The molecule has 4 N–H and O–H groups in total. The molecule has 0 saturated carbocycles. The molecule has 0 bridgehead atoms. The quantitative estimate of drug-likeness (QED) is 0.299. The lowest BCUT2D eigenvalue weighted by Gasteiger charge is -2.02. The van der Waals surface area contributed by atoms with Crippen molar-refractivity contribution in [3.05, 3.63) is 37.0 Å². The lowest BCUT2D eigenvalue weighted by atomic mass is 10.4. The van der Waals surface area contributed by atoms with Gasteiger partial charge in [0.2, 0.25) is 0 Å². The maximum absolute atomic E-state index is 10.2. The second-order valence-corrected chi connectivity index (χ2v) is 5.00. The Hall–Kier alpha value is -1.20. The van der Waals surface area contributed by atoms with E-state index in [0.717, 1.165) is 0 Å². The minimum atomic E-state index is -3.92. The van der Waals surface area contributed by atoms with E-state index in [1.807, 2.05) is 31.2 Å². The summed E-state index contributed by atoms with van der Waals surface area (Å²) in [6, 6.07) is 0. The molecule has 0 unspecified atom stereocenters. The van der Waals surface area contributed by atoms with Gasteiger partial charge in [0.1, 0.15) is 0 Å². The third-order valence-electron chi connectivity index (χ3n) is 1.45. The fourth-order valence-electron chi connectivity index (χ4n) is 0.740. The van der Waals surface area contributed by atoms with E-state index < -0.39 is 13.6 Å². The summed E-state index contributed by atoms with van der Waals surface area (Å²) in [6.07, 6.45) is 9.47. The highest BCUT2D eigenvalue weighted by Crippen LogP contribution is 2.34. The molecule has 0 aliphatic rings. The largest absolute Gasteiger partial charge is 0.466 e. The van der Waals surface area contributed by atoms with Crippen LogP contribution in [0.4, 0.5) is 0 Å². The lowest BCUT2D eigenvalue weighted by Crippen LogP contribution is -2.02. The van der Waals surface area contributed by atoms with Crippen molar-refractivity contribution in [1.82, 2.24) is 0 Å². The van der Waals surface area contributed by atoms with Crippen LogP contribution in [-0.4, -0.2) is 35.6 Å². The molecule has 0 aromatic heterocycles. The van der Waals surface area contributed by atoms with Crippen molar-refractivity contribution in [3.8, 4) is 0 Å². The van der Waals surface area contributed by atoms with E-state index in [-0.39, 0.29) is 19.2 Å². The van der Waals surface area contributed by atoms with E-state index >= 15 is 0 Å². The number of nitrogens with two attached hydrogens (primary N) is 1. The van der Waals surface area contributed by atoms with Crippen molar-refractivity contribution >= 4 is 13.6 Å². The third-order valence-corrected chi connectivity index (χ3v) is 2.35. The average molecular weight is 307 g/mol. The van der Waals surface area contributed by atoms with Crippen molar-refractivity contribution in [2.45, 2.75) is 20.3 Å². The van der Waals surface area contributed by atoms with Crippen LogP contribution in [0.2, 0.25) is 0 Å². The number of carbonyl (C=O) groups excluding carboxylic acids is 1. The molecule has 0 aliphatic heterocycles. The zero-order valence-electron chi connectivity index (χ0n) is 12.4.